The number of nitrogens with zero attached hydrogens (tertiary/aromatic N) is 1. The Kier molecular flexibility index (Phi) is 7.00. The van der Waals surface area contributed by atoms with Crippen LogP contribution >= 0.6 is 0 Å². The zero-order valence-corrected chi connectivity index (χ0v) is 36.3. The molecule has 0 fully saturated rings. The molecule has 0 aliphatic heterocycles. The van der Waals surface area contributed by atoms with Crippen LogP contribution < -0.4 is 4.90 Å². The molecule has 0 spiro atoms. The summed E-state index contributed by atoms with van der Waals surface area (Å²) in [6, 6.07) is 70.4. The Hall–Kier alpha value is -7.68. The molecule has 12 aromatic rings. The van der Waals surface area contributed by atoms with Gasteiger partial charge in [0.2, 0.25) is 0 Å². The van der Waals surface area contributed by atoms with Gasteiger partial charge in [0.15, 0.2) is 0 Å². The molecule has 0 amide bonds. The van der Waals surface area contributed by atoms with Gasteiger partial charge in [0.05, 0.1) is 0 Å². The van der Waals surface area contributed by atoms with Gasteiger partial charge in [0.25, 0.3) is 0 Å². The summed E-state index contributed by atoms with van der Waals surface area (Å²) in [6.07, 6.45) is 0. The second-order valence-electron chi connectivity index (χ2n) is 19.2. The van der Waals surface area contributed by atoms with Gasteiger partial charge in [-0.05, 0) is 153 Å². The molecule has 0 saturated heterocycles. The van der Waals surface area contributed by atoms with E-state index < -0.39 is 0 Å². The number of hydrogen-bond acceptors (Lipinski definition) is 2. The van der Waals surface area contributed by atoms with Crippen molar-refractivity contribution in [1.82, 2.24) is 0 Å². The van der Waals surface area contributed by atoms with E-state index in [1.165, 1.54) is 104 Å². The van der Waals surface area contributed by atoms with Gasteiger partial charge in [-0.15, -0.1) is 0 Å². The molecule has 0 saturated carbocycles. The highest BCUT2D eigenvalue weighted by Crippen LogP contribution is 2.56. The van der Waals surface area contributed by atoms with E-state index in [0.717, 1.165) is 33.6 Å². The van der Waals surface area contributed by atoms with Gasteiger partial charge in [-0.1, -0.05) is 161 Å². The second kappa shape index (κ2) is 12.5. The van der Waals surface area contributed by atoms with Gasteiger partial charge in [-0.25, -0.2) is 0 Å². The Morgan fingerprint density at radius 2 is 0.812 bits per heavy atom. The fourth-order valence-electron chi connectivity index (χ4n) is 12.2. The van der Waals surface area contributed by atoms with Crippen molar-refractivity contribution in [2.75, 3.05) is 4.90 Å². The van der Waals surface area contributed by atoms with E-state index in [4.69, 9.17) is 4.42 Å². The van der Waals surface area contributed by atoms with Gasteiger partial charge in [0.1, 0.15) is 11.2 Å². The molecule has 14 rings (SSSR count). The quantitative estimate of drug-likeness (QED) is 0.165. The van der Waals surface area contributed by atoms with E-state index >= 15 is 0 Å². The van der Waals surface area contributed by atoms with Crippen LogP contribution in [0, 0.1) is 0 Å². The van der Waals surface area contributed by atoms with E-state index in [-0.39, 0.29) is 10.8 Å². The number of benzene rings is 11. The largest absolute Gasteiger partial charge is 0.456 e. The molecule has 302 valence electrons. The van der Waals surface area contributed by atoms with Gasteiger partial charge in [-0.3, -0.25) is 0 Å². The van der Waals surface area contributed by atoms with Crippen LogP contribution in [0.15, 0.2) is 192 Å². The van der Waals surface area contributed by atoms with Crippen molar-refractivity contribution < 1.29 is 4.42 Å². The molecule has 2 aliphatic carbocycles. The Morgan fingerprint density at radius 1 is 0.312 bits per heavy atom. The van der Waals surface area contributed by atoms with Crippen LogP contribution in [0.2, 0.25) is 0 Å². The minimum Gasteiger partial charge on any atom is -0.456 e. The van der Waals surface area contributed by atoms with E-state index in [0.29, 0.717) is 0 Å². The topological polar surface area (TPSA) is 16.4 Å². The first-order valence-electron chi connectivity index (χ1n) is 22.6. The Labute approximate surface area is 371 Å². The van der Waals surface area contributed by atoms with Crippen LogP contribution in [0.1, 0.15) is 49.9 Å². The summed E-state index contributed by atoms with van der Waals surface area (Å²) in [4.78, 5) is 2.49. The highest BCUT2D eigenvalue weighted by Gasteiger charge is 2.39. The smallest absolute Gasteiger partial charge is 0.136 e. The summed E-state index contributed by atoms with van der Waals surface area (Å²) >= 11 is 0. The van der Waals surface area contributed by atoms with E-state index in [2.05, 4.69) is 221 Å². The average molecular weight is 818 g/mol. The van der Waals surface area contributed by atoms with E-state index in [1.54, 1.807) is 0 Å². The van der Waals surface area contributed by atoms with Crippen molar-refractivity contribution in [3.05, 3.63) is 210 Å². The maximum absolute atomic E-state index is 6.44. The van der Waals surface area contributed by atoms with Gasteiger partial charge in [0, 0.05) is 38.7 Å². The molecule has 0 radical (unpaired) electrons. The van der Waals surface area contributed by atoms with Crippen molar-refractivity contribution in [1.29, 1.82) is 0 Å². The molecule has 0 unspecified atom stereocenters. The van der Waals surface area contributed by atoms with E-state index in [1.807, 2.05) is 0 Å². The lowest BCUT2D eigenvalue weighted by atomic mass is 9.78. The zero-order valence-electron chi connectivity index (χ0n) is 36.3. The number of hydrogen-bond donors (Lipinski definition) is 0. The van der Waals surface area contributed by atoms with Crippen LogP contribution in [0.5, 0.6) is 0 Å². The third kappa shape index (κ3) is 4.70. The third-order valence-corrected chi connectivity index (χ3v) is 15.1. The highest BCUT2D eigenvalue weighted by atomic mass is 16.3. The van der Waals surface area contributed by atoms with E-state index in [9.17, 15) is 0 Å². The molecule has 64 heavy (non-hydrogen) atoms. The molecule has 2 heteroatoms. The third-order valence-electron chi connectivity index (χ3n) is 15.1. The van der Waals surface area contributed by atoms with Crippen LogP contribution in [0.3, 0.4) is 0 Å². The molecule has 2 nitrogen and oxygen atoms in total. The number of anilines is 3. The summed E-state index contributed by atoms with van der Waals surface area (Å²) in [5, 5.41) is 15.2. The Morgan fingerprint density at radius 3 is 1.53 bits per heavy atom. The van der Waals surface area contributed by atoms with Crippen LogP contribution in [-0.2, 0) is 10.8 Å². The number of fused-ring (bicyclic) bond motifs is 19. The molecule has 0 bridgehead atoms. The number of furan rings is 1. The van der Waals surface area contributed by atoms with Crippen molar-refractivity contribution in [2.24, 2.45) is 0 Å². The highest BCUT2D eigenvalue weighted by molar-refractivity contribution is 6.26. The maximum Gasteiger partial charge on any atom is 0.136 e. The Bertz CT molecular complexity index is 4000. The predicted molar refractivity (Wildman–Crippen MR) is 271 cm³/mol. The normalized spacial score (nSPS) is 14.5. The van der Waals surface area contributed by atoms with Crippen molar-refractivity contribution in [3.8, 4) is 22.3 Å². The lowest BCUT2D eigenvalue weighted by Gasteiger charge is -2.29. The molecule has 11 aromatic carbocycles. The molecule has 1 heterocycles. The summed E-state index contributed by atoms with van der Waals surface area (Å²) < 4.78 is 6.44. The molecule has 1 aromatic heterocycles. The monoisotopic (exact) mass is 817 g/mol. The first-order valence-corrected chi connectivity index (χ1v) is 22.6. The van der Waals surface area contributed by atoms with Crippen molar-refractivity contribution >= 4 is 92.9 Å². The zero-order chi connectivity index (χ0) is 42.6. The number of rotatable bonds is 3. The van der Waals surface area contributed by atoms with Crippen LogP contribution in [0.25, 0.3) is 98.1 Å². The first-order chi connectivity index (χ1) is 31.2. The van der Waals surface area contributed by atoms with Gasteiger partial charge < -0.3 is 9.32 Å². The van der Waals surface area contributed by atoms with Gasteiger partial charge in [-0.2, -0.15) is 0 Å². The molecule has 2 aliphatic rings. The average Bonchev–Trinajstić information content (AvgIpc) is 3.89. The molecular weight excluding hydrogens is 775 g/mol. The second-order valence-corrected chi connectivity index (χ2v) is 19.2. The Balaban J connectivity index is 0.985. The minimum atomic E-state index is -0.230. The SMILES string of the molecule is CC1(C)c2cc(N(c3ccc4c5c(ccc4c3)-c3ccc4ccccc4c3C5(C)C)c3ccc4c5ccccc5c5ccccc5c4c3)ccc2-c2cc3oc4ccccc4c3cc21. The fourth-order valence-corrected chi connectivity index (χ4v) is 12.2. The molecule has 0 N–H and O–H groups in total. The fraction of sp³-hybridized carbons (Fsp3) is 0.0968. The number of para-hydroxylation sites is 1. The summed E-state index contributed by atoms with van der Waals surface area (Å²) in [7, 11) is 0. The summed E-state index contributed by atoms with van der Waals surface area (Å²) in [6.45, 7) is 9.59. The standard InChI is InChI=1S/C62H43NO/c1-61(2)55-33-40(25-30-48(55)53-35-58-54(34-56(53)61)49-19-11-12-20-57(49)64-58)63(39-24-29-47-45-17-8-7-15-43(45)44-16-9-10-18-46(44)52(47)32-39)38-23-28-42-37(31-38)22-27-51-50-26-21-36-13-5-6-14-41(36)59(50)62(3,4)60(42)51/h5-35H,1-4H3. The first kappa shape index (κ1) is 35.9. The molecule has 0 atom stereocenters. The lowest BCUT2D eigenvalue weighted by Crippen LogP contribution is -2.17. The predicted octanol–water partition coefficient (Wildman–Crippen LogP) is 17.4. The van der Waals surface area contributed by atoms with Gasteiger partial charge >= 0.3 is 0 Å². The molecular formula is C62H43NO. The van der Waals surface area contributed by atoms with Crippen LogP contribution in [-0.4, -0.2) is 0 Å². The lowest BCUT2D eigenvalue weighted by molar-refractivity contribution is 0.658. The maximum atomic E-state index is 6.44. The van der Waals surface area contributed by atoms with Crippen molar-refractivity contribution in [3.63, 3.8) is 0 Å². The summed E-state index contributed by atoms with van der Waals surface area (Å²) in [5.41, 5.74) is 15.6. The minimum absolute atomic E-state index is 0.164. The van der Waals surface area contributed by atoms with Crippen LogP contribution in [0.4, 0.5) is 17.1 Å². The van der Waals surface area contributed by atoms with Crippen molar-refractivity contribution in [2.45, 2.75) is 38.5 Å². The summed E-state index contributed by atoms with van der Waals surface area (Å²) in [5.74, 6) is 0.